The van der Waals surface area contributed by atoms with Crippen molar-refractivity contribution in [1.29, 1.82) is 0 Å². The SMILES string of the molecule is CC(C)NCc1ccncc1N(C)Cc1ccncc1. The van der Waals surface area contributed by atoms with E-state index < -0.39 is 0 Å². The van der Waals surface area contributed by atoms with E-state index in [1.54, 1.807) is 0 Å². The zero-order valence-electron chi connectivity index (χ0n) is 12.4. The zero-order valence-corrected chi connectivity index (χ0v) is 12.4. The maximum absolute atomic E-state index is 4.25. The highest BCUT2D eigenvalue weighted by molar-refractivity contribution is 5.51. The minimum Gasteiger partial charge on any atom is -0.369 e. The average molecular weight is 270 g/mol. The minimum atomic E-state index is 0.474. The second-order valence-electron chi connectivity index (χ2n) is 5.25. The quantitative estimate of drug-likeness (QED) is 0.876. The van der Waals surface area contributed by atoms with E-state index in [1.807, 2.05) is 36.9 Å². The lowest BCUT2D eigenvalue weighted by Crippen LogP contribution is -2.24. The van der Waals surface area contributed by atoms with Gasteiger partial charge in [-0.1, -0.05) is 13.8 Å². The van der Waals surface area contributed by atoms with E-state index in [9.17, 15) is 0 Å². The van der Waals surface area contributed by atoms with Crippen LogP contribution in [0.5, 0.6) is 0 Å². The van der Waals surface area contributed by atoms with Crippen molar-refractivity contribution < 1.29 is 0 Å². The van der Waals surface area contributed by atoms with Crippen LogP contribution in [0, 0.1) is 0 Å². The molecule has 0 saturated carbocycles. The maximum atomic E-state index is 4.25. The van der Waals surface area contributed by atoms with Gasteiger partial charge in [0.05, 0.1) is 11.9 Å². The molecule has 20 heavy (non-hydrogen) atoms. The number of hydrogen-bond donors (Lipinski definition) is 1. The molecule has 4 nitrogen and oxygen atoms in total. The molecule has 0 unspecified atom stereocenters. The van der Waals surface area contributed by atoms with Gasteiger partial charge < -0.3 is 10.2 Å². The van der Waals surface area contributed by atoms with Crippen molar-refractivity contribution in [2.24, 2.45) is 0 Å². The Morgan fingerprint density at radius 1 is 1.10 bits per heavy atom. The van der Waals surface area contributed by atoms with Gasteiger partial charge in [-0.25, -0.2) is 0 Å². The van der Waals surface area contributed by atoms with Gasteiger partial charge in [0.1, 0.15) is 0 Å². The fraction of sp³-hybridized carbons (Fsp3) is 0.375. The summed E-state index contributed by atoms with van der Waals surface area (Å²) in [6.07, 6.45) is 7.43. The molecule has 0 aliphatic rings. The van der Waals surface area contributed by atoms with Gasteiger partial charge in [0.25, 0.3) is 0 Å². The van der Waals surface area contributed by atoms with Crippen LogP contribution in [0.25, 0.3) is 0 Å². The summed E-state index contributed by atoms with van der Waals surface area (Å²) in [7, 11) is 2.09. The second kappa shape index (κ2) is 7.01. The Bertz CT molecular complexity index is 525. The summed E-state index contributed by atoms with van der Waals surface area (Å²) >= 11 is 0. The lowest BCUT2D eigenvalue weighted by atomic mass is 10.2. The Labute approximate surface area is 120 Å². The topological polar surface area (TPSA) is 41.1 Å². The standard InChI is InChI=1S/C16H22N4/c1-13(2)19-10-15-6-9-18-11-16(15)20(3)12-14-4-7-17-8-5-14/h4-9,11,13,19H,10,12H2,1-3H3. The van der Waals surface area contributed by atoms with Crippen molar-refractivity contribution in [2.75, 3.05) is 11.9 Å². The van der Waals surface area contributed by atoms with Crippen LogP contribution in [0.3, 0.4) is 0 Å². The zero-order chi connectivity index (χ0) is 14.4. The molecule has 0 bridgehead atoms. The first kappa shape index (κ1) is 14.5. The molecule has 2 rings (SSSR count). The molecule has 2 aromatic rings. The molecule has 0 atom stereocenters. The molecule has 0 spiro atoms. The number of rotatable bonds is 6. The van der Waals surface area contributed by atoms with Crippen LogP contribution in [-0.2, 0) is 13.1 Å². The highest BCUT2D eigenvalue weighted by Gasteiger charge is 2.08. The first-order valence-corrected chi connectivity index (χ1v) is 6.93. The van der Waals surface area contributed by atoms with Crippen LogP contribution in [0.2, 0.25) is 0 Å². The van der Waals surface area contributed by atoms with Crippen molar-refractivity contribution in [3.63, 3.8) is 0 Å². The summed E-state index contributed by atoms with van der Waals surface area (Å²) in [6.45, 7) is 6.02. The first-order valence-electron chi connectivity index (χ1n) is 6.93. The number of nitrogens with one attached hydrogen (secondary N) is 1. The number of hydrogen-bond acceptors (Lipinski definition) is 4. The van der Waals surface area contributed by atoms with E-state index in [4.69, 9.17) is 0 Å². The van der Waals surface area contributed by atoms with Gasteiger partial charge in [0.15, 0.2) is 0 Å². The van der Waals surface area contributed by atoms with Gasteiger partial charge >= 0.3 is 0 Å². The van der Waals surface area contributed by atoms with Crippen LogP contribution in [0.1, 0.15) is 25.0 Å². The van der Waals surface area contributed by atoms with Crippen molar-refractivity contribution in [3.05, 3.63) is 54.1 Å². The Kier molecular flexibility index (Phi) is 5.07. The van der Waals surface area contributed by atoms with E-state index in [-0.39, 0.29) is 0 Å². The first-order chi connectivity index (χ1) is 9.66. The van der Waals surface area contributed by atoms with Crippen molar-refractivity contribution in [1.82, 2.24) is 15.3 Å². The van der Waals surface area contributed by atoms with E-state index in [0.29, 0.717) is 6.04 Å². The fourth-order valence-corrected chi connectivity index (χ4v) is 2.07. The average Bonchev–Trinajstić information content (AvgIpc) is 2.46. The van der Waals surface area contributed by atoms with Gasteiger partial charge in [0.2, 0.25) is 0 Å². The number of pyridine rings is 2. The summed E-state index contributed by atoms with van der Waals surface area (Å²) in [5, 5.41) is 3.46. The summed E-state index contributed by atoms with van der Waals surface area (Å²) in [5.74, 6) is 0. The van der Waals surface area contributed by atoms with Crippen LogP contribution in [0.15, 0.2) is 43.0 Å². The second-order valence-corrected chi connectivity index (χ2v) is 5.25. The van der Waals surface area contributed by atoms with Gasteiger partial charge in [-0.3, -0.25) is 9.97 Å². The van der Waals surface area contributed by atoms with Gasteiger partial charge in [-0.15, -0.1) is 0 Å². The molecule has 0 aromatic carbocycles. The highest BCUT2D eigenvalue weighted by atomic mass is 15.1. The van der Waals surface area contributed by atoms with E-state index >= 15 is 0 Å². The summed E-state index contributed by atoms with van der Waals surface area (Å²) in [4.78, 5) is 10.5. The number of nitrogens with zero attached hydrogens (tertiary/aromatic N) is 3. The van der Waals surface area contributed by atoms with Crippen LogP contribution in [0.4, 0.5) is 5.69 Å². The Morgan fingerprint density at radius 2 is 1.80 bits per heavy atom. The Morgan fingerprint density at radius 3 is 2.50 bits per heavy atom. The molecule has 106 valence electrons. The lowest BCUT2D eigenvalue weighted by Gasteiger charge is -2.22. The minimum absolute atomic E-state index is 0.474. The van der Waals surface area contributed by atoms with E-state index in [2.05, 4.69) is 47.1 Å². The molecule has 0 aliphatic carbocycles. The van der Waals surface area contributed by atoms with Crippen LogP contribution in [-0.4, -0.2) is 23.1 Å². The third-order valence-corrected chi connectivity index (χ3v) is 3.17. The molecular formula is C16H22N4. The Balaban J connectivity index is 2.11. The molecule has 2 heterocycles. The summed E-state index contributed by atoms with van der Waals surface area (Å²) < 4.78 is 0. The lowest BCUT2D eigenvalue weighted by molar-refractivity contribution is 0.588. The van der Waals surface area contributed by atoms with Gasteiger partial charge in [0, 0.05) is 44.8 Å². The molecule has 4 heteroatoms. The van der Waals surface area contributed by atoms with Crippen LogP contribution < -0.4 is 10.2 Å². The molecule has 1 N–H and O–H groups in total. The fourth-order valence-electron chi connectivity index (χ4n) is 2.07. The maximum Gasteiger partial charge on any atom is 0.0598 e. The van der Waals surface area contributed by atoms with Gasteiger partial charge in [-0.2, -0.15) is 0 Å². The summed E-state index contributed by atoms with van der Waals surface area (Å²) in [6, 6.07) is 6.63. The monoisotopic (exact) mass is 270 g/mol. The molecule has 0 saturated heterocycles. The van der Waals surface area contributed by atoms with Crippen molar-refractivity contribution >= 4 is 5.69 Å². The predicted octanol–water partition coefficient (Wildman–Crippen LogP) is 2.61. The number of anilines is 1. The van der Waals surface area contributed by atoms with Gasteiger partial charge in [-0.05, 0) is 29.3 Å². The molecule has 0 aliphatic heterocycles. The molecule has 0 fully saturated rings. The normalized spacial score (nSPS) is 10.8. The Hall–Kier alpha value is -1.94. The van der Waals surface area contributed by atoms with Crippen LogP contribution >= 0.6 is 0 Å². The summed E-state index contributed by atoms with van der Waals surface area (Å²) in [5.41, 5.74) is 3.68. The highest BCUT2D eigenvalue weighted by Crippen LogP contribution is 2.19. The van der Waals surface area contributed by atoms with Crippen molar-refractivity contribution in [3.8, 4) is 0 Å². The third-order valence-electron chi connectivity index (χ3n) is 3.17. The molecule has 0 radical (unpaired) electrons. The largest absolute Gasteiger partial charge is 0.369 e. The van der Waals surface area contributed by atoms with E-state index in [1.165, 1.54) is 11.1 Å². The van der Waals surface area contributed by atoms with Crippen molar-refractivity contribution in [2.45, 2.75) is 33.0 Å². The third kappa shape index (κ3) is 4.03. The molecular weight excluding hydrogens is 248 g/mol. The predicted molar refractivity (Wildman–Crippen MR) is 82.6 cm³/mol. The molecule has 2 aromatic heterocycles. The smallest absolute Gasteiger partial charge is 0.0598 e. The number of aromatic nitrogens is 2. The molecule has 0 amide bonds. The van der Waals surface area contributed by atoms with E-state index in [0.717, 1.165) is 18.8 Å².